The predicted octanol–water partition coefficient (Wildman–Crippen LogP) is 1.03. The molecule has 1 aliphatic rings. The van der Waals surface area contributed by atoms with Gasteiger partial charge in [-0.2, -0.15) is 0 Å². The van der Waals surface area contributed by atoms with Crippen LogP contribution in [0.4, 0.5) is 5.69 Å². The van der Waals surface area contributed by atoms with Crippen molar-refractivity contribution in [2.75, 3.05) is 38.7 Å². The zero-order chi connectivity index (χ0) is 15.1. The summed E-state index contributed by atoms with van der Waals surface area (Å²) in [5, 5.41) is 6.02. The molecule has 1 saturated heterocycles. The largest absolute Gasteiger partial charge is 0.497 e. The number of carbonyl (C=O) groups excluding carboxylic acids is 1. The molecule has 0 aromatic heterocycles. The summed E-state index contributed by atoms with van der Waals surface area (Å²) in [6.07, 6.45) is 0.183. The number of hydrogen-bond donors (Lipinski definition) is 2. The van der Waals surface area contributed by atoms with E-state index in [2.05, 4.69) is 10.6 Å². The SMILES string of the molecule is COc1ccc(NC(=O)COCC2CNCC(C)O2)cc1. The van der Waals surface area contributed by atoms with Crippen LogP contribution in [0, 0.1) is 0 Å². The average Bonchev–Trinajstić information content (AvgIpc) is 2.48. The fourth-order valence-corrected chi connectivity index (χ4v) is 2.13. The van der Waals surface area contributed by atoms with E-state index in [9.17, 15) is 4.79 Å². The first-order valence-electron chi connectivity index (χ1n) is 7.05. The molecule has 0 radical (unpaired) electrons. The van der Waals surface area contributed by atoms with Crippen molar-refractivity contribution in [2.45, 2.75) is 19.1 Å². The van der Waals surface area contributed by atoms with Crippen LogP contribution in [0.1, 0.15) is 6.92 Å². The number of ether oxygens (including phenoxy) is 3. The van der Waals surface area contributed by atoms with Gasteiger partial charge >= 0.3 is 0 Å². The van der Waals surface area contributed by atoms with Crippen molar-refractivity contribution in [3.05, 3.63) is 24.3 Å². The van der Waals surface area contributed by atoms with Crippen LogP contribution < -0.4 is 15.4 Å². The maximum Gasteiger partial charge on any atom is 0.250 e. The van der Waals surface area contributed by atoms with Gasteiger partial charge in [-0.1, -0.05) is 0 Å². The predicted molar refractivity (Wildman–Crippen MR) is 79.6 cm³/mol. The van der Waals surface area contributed by atoms with Crippen molar-refractivity contribution in [2.24, 2.45) is 0 Å². The van der Waals surface area contributed by atoms with E-state index in [1.807, 2.05) is 6.92 Å². The van der Waals surface area contributed by atoms with Crippen molar-refractivity contribution in [3.8, 4) is 5.75 Å². The molecule has 2 N–H and O–H groups in total. The first kappa shape index (κ1) is 15.8. The van der Waals surface area contributed by atoms with Crippen molar-refractivity contribution in [3.63, 3.8) is 0 Å². The lowest BCUT2D eigenvalue weighted by Crippen LogP contribution is -2.45. The van der Waals surface area contributed by atoms with E-state index < -0.39 is 0 Å². The van der Waals surface area contributed by atoms with Gasteiger partial charge in [0.2, 0.25) is 5.91 Å². The number of morpholine rings is 1. The molecular weight excluding hydrogens is 272 g/mol. The van der Waals surface area contributed by atoms with Crippen molar-refractivity contribution >= 4 is 11.6 Å². The monoisotopic (exact) mass is 294 g/mol. The highest BCUT2D eigenvalue weighted by molar-refractivity contribution is 5.91. The van der Waals surface area contributed by atoms with E-state index in [1.165, 1.54) is 0 Å². The summed E-state index contributed by atoms with van der Waals surface area (Å²) in [7, 11) is 1.60. The van der Waals surface area contributed by atoms with Gasteiger partial charge < -0.3 is 24.8 Å². The number of rotatable bonds is 6. The van der Waals surface area contributed by atoms with Crippen LogP contribution >= 0.6 is 0 Å². The Labute approximate surface area is 124 Å². The topological polar surface area (TPSA) is 68.8 Å². The highest BCUT2D eigenvalue weighted by atomic mass is 16.5. The van der Waals surface area contributed by atoms with E-state index in [1.54, 1.807) is 31.4 Å². The molecule has 21 heavy (non-hydrogen) atoms. The molecule has 116 valence electrons. The van der Waals surface area contributed by atoms with Crippen LogP contribution in [0.25, 0.3) is 0 Å². The van der Waals surface area contributed by atoms with Gasteiger partial charge in [-0.05, 0) is 31.2 Å². The Morgan fingerprint density at radius 1 is 1.38 bits per heavy atom. The lowest BCUT2D eigenvalue weighted by molar-refractivity contribution is -0.123. The highest BCUT2D eigenvalue weighted by Crippen LogP contribution is 2.14. The van der Waals surface area contributed by atoms with Gasteiger partial charge in [0.05, 0.1) is 25.9 Å². The van der Waals surface area contributed by atoms with Crippen molar-refractivity contribution in [1.29, 1.82) is 0 Å². The third kappa shape index (κ3) is 5.34. The first-order chi connectivity index (χ1) is 10.2. The molecule has 1 aromatic carbocycles. The third-order valence-electron chi connectivity index (χ3n) is 3.14. The number of nitrogens with one attached hydrogen (secondary N) is 2. The van der Waals surface area contributed by atoms with Crippen molar-refractivity contribution in [1.82, 2.24) is 5.32 Å². The normalized spacial score (nSPS) is 21.8. The quantitative estimate of drug-likeness (QED) is 0.820. The Balaban J connectivity index is 1.67. The van der Waals surface area contributed by atoms with Crippen LogP contribution in [0.2, 0.25) is 0 Å². The highest BCUT2D eigenvalue weighted by Gasteiger charge is 2.18. The Bertz CT molecular complexity index is 449. The van der Waals surface area contributed by atoms with Crippen LogP contribution in [-0.4, -0.2) is 51.5 Å². The maximum atomic E-state index is 11.7. The summed E-state index contributed by atoms with van der Waals surface area (Å²) in [6, 6.07) is 7.15. The second-order valence-electron chi connectivity index (χ2n) is 5.02. The number of hydrogen-bond acceptors (Lipinski definition) is 5. The van der Waals surface area contributed by atoms with Gasteiger partial charge in [0.1, 0.15) is 12.4 Å². The summed E-state index contributed by atoms with van der Waals surface area (Å²) in [5.41, 5.74) is 0.716. The van der Waals surface area contributed by atoms with Gasteiger partial charge in [-0.15, -0.1) is 0 Å². The number of benzene rings is 1. The summed E-state index contributed by atoms with van der Waals surface area (Å²) in [5.74, 6) is 0.567. The summed E-state index contributed by atoms with van der Waals surface area (Å²) >= 11 is 0. The summed E-state index contributed by atoms with van der Waals surface area (Å²) < 4.78 is 16.1. The van der Waals surface area contributed by atoms with E-state index in [0.29, 0.717) is 12.3 Å². The molecule has 1 aliphatic heterocycles. The molecule has 2 atom stereocenters. The third-order valence-corrected chi connectivity index (χ3v) is 3.14. The van der Waals surface area contributed by atoms with Crippen LogP contribution in [0.5, 0.6) is 5.75 Å². The van der Waals surface area contributed by atoms with Gasteiger partial charge in [0.15, 0.2) is 0 Å². The lowest BCUT2D eigenvalue weighted by Gasteiger charge is -2.28. The molecule has 6 nitrogen and oxygen atoms in total. The zero-order valence-electron chi connectivity index (χ0n) is 12.4. The molecule has 1 heterocycles. The summed E-state index contributed by atoms with van der Waals surface area (Å²) in [4.78, 5) is 11.7. The second kappa shape index (κ2) is 7.97. The first-order valence-corrected chi connectivity index (χ1v) is 7.05. The molecular formula is C15H22N2O4. The van der Waals surface area contributed by atoms with Crippen molar-refractivity contribution < 1.29 is 19.0 Å². The molecule has 0 aliphatic carbocycles. The van der Waals surface area contributed by atoms with Crippen LogP contribution in [-0.2, 0) is 14.3 Å². The lowest BCUT2D eigenvalue weighted by atomic mass is 10.2. The molecule has 1 aromatic rings. The average molecular weight is 294 g/mol. The van der Waals surface area contributed by atoms with Gasteiger partial charge in [0, 0.05) is 18.8 Å². The van der Waals surface area contributed by atoms with Gasteiger partial charge in [-0.25, -0.2) is 0 Å². The van der Waals surface area contributed by atoms with E-state index >= 15 is 0 Å². The fraction of sp³-hybridized carbons (Fsp3) is 0.533. The standard InChI is InChI=1S/C15H22N2O4/c1-11-7-16-8-14(21-11)9-20-10-15(18)17-12-3-5-13(19-2)6-4-12/h3-6,11,14,16H,7-10H2,1-2H3,(H,17,18). The molecule has 2 rings (SSSR count). The number of amides is 1. The molecule has 2 unspecified atom stereocenters. The van der Waals surface area contributed by atoms with Crippen LogP contribution in [0.3, 0.4) is 0 Å². The molecule has 0 bridgehead atoms. The zero-order valence-corrected chi connectivity index (χ0v) is 12.4. The van der Waals surface area contributed by atoms with Gasteiger partial charge in [0.25, 0.3) is 0 Å². The van der Waals surface area contributed by atoms with E-state index in [4.69, 9.17) is 14.2 Å². The number of carbonyl (C=O) groups is 1. The smallest absolute Gasteiger partial charge is 0.250 e. The Morgan fingerprint density at radius 3 is 2.81 bits per heavy atom. The van der Waals surface area contributed by atoms with E-state index in [-0.39, 0.29) is 24.7 Å². The summed E-state index contributed by atoms with van der Waals surface area (Å²) in [6.45, 7) is 4.04. The molecule has 0 spiro atoms. The fourth-order valence-electron chi connectivity index (χ4n) is 2.13. The number of methoxy groups -OCH3 is 1. The molecule has 6 heteroatoms. The number of anilines is 1. The minimum Gasteiger partial charge on any atom is -0.497 e. The Morgan fingerprint density at radius 2 is 2.14 bits per heavy atom. The Hall–Kier alpha value is -1.63. The van der Waals surface area contributed by atoms with Crippen LogP contribution in [0.15, 0.2) is 24.3 Å². The minimum atomic E-state index is -0.183. The maximum absolute atomic E-state index is 11.7. The van der Waals surface area contributed by atoms with Gasteiger partial charge in [-0.3, -0.25) is 4.79 Å². The Kier molecular flexibility index (Phi) is 5.98. The van der Waals surface area contributed by atoms with E-state index in [0.717, 1.165) is 18.8 Å². The molecule has 1 amide bonds. The molecule has 0 saturated carbocycles. The minimum absolute atomic E-state index is 0.00235. The molecule has 1 fully saturated rings. The second-order valence-corrected chi connectivity index (χ2v) is 5.02.